The molecule has 1 rings (SSSR count). The molecule has 0 bridgehead atoms. The first-order valence-corrected chi connectivity index (χ1v) is 7.06. The van der Waals surface area contributed by atoms with Crippen LogP contribution in [0.15, 0.2) is 30.3 Å². The van der Waals surface area contributed by atoms with Gasteiger partial charge in [-0.2, -0.15) is 0 Å². The van der Waals surface area contributed by atoms with Crippen LogP contribution in [0.5, 0.6) is 0 Å². The van der Waals surface area contributed by atoms with Crippen LogP contribution in [0, 0.1) is 0 Å². The fourth-order valence-corrected chi connectivity index (χ4v) is 1.86. The van der Waals surface area contributed by atoms with Gasteiger partial charge in [0.2, 0.25) is 0 Å². The lowest BCUT2D eigenvalue weighted by Crippen LogP contribution is -2.04. The predicted molar refractivity (Wildman–Crippen MR) is 75.9 cm³/mol. The van der Waals surface area contributed by atoms with Gasteiger partial charge in [-0.1, -0.05) is 36.8 Å². The van der Waals surface area contributed by atoms with E-state index in [1.807, 2.05) is 25.1 Å². The maximum absolute atomic E-state index is 11.1. The number of carbonyl (C=O) groups excluding carboxylic acids is 1. The number of hydrogen-bond donors (Lipinski definition) is 0. The standard InChI is InChI=1S/C16H24O3/c1-3-18-16(17)12-8-5-9-13-19-14(2)15-10-6-4-7-11-15/h4,6-7,10-11,14H,3,5,8-9,12-13H2,1-2H3. The van der Waals surface area contributed by atoms with Crippen molar-refractivity contribution in [3.05, 3.63) is 35.9 Å². The van der Waals surface area contributed by atoms with E-state index in [1.54, 1.807) is 0 Å². The number of benzene rings is 1. The van der Waals surface area contributed by atoms with Gasteiger partial charge in [0.1, 0.15) is 0 Å². The molecule has 0 saturated heterocycles. The van der Waals surface area contributed by atoms with E-state index in [4.69, 9.17) is 9.47 Å². The highest BCUT2D eigenvalue weighted by Gasteiger charge is 2.05. The van der Waals surface area contributed by atoms with Crippen LogP contribution in [-0.4, -0.2) is 19.2 Å². The Labute approximate surface area is 115 Å². The fourth-order valence-electron chi connectivity index (χ4n) is 1.86. The first-order chi connectivity index (χ1) is 9.24. The van der Waals surface area contributed by atoms with E-state index >= 15 is 0 Å². The van der Waals surface area contributed by atoms with Crippen LogP contribution in [0.2, 0.25) is 0 Å². The molecule has 1 atom stereocenters. The van der Waals surface area contributed by atoms with E-state index in [1.165, 1.54) is 5.56 Å². The number of hydrogen-bond acceptors (Lipinski definition) is 3. The summed E-state index contributed by atoms with van der Waals surface area (Å²) in [6.45, 7) is 5.10. The first kappa shape index (κ1) is 15.7. The summed E-state index contributed by atoms with van der Waals surface area (Å²) in [4.78, 5) is 11.1. The number of esters is 1. The van der Waals surface area contributed by atoms with E-state index in [9.17, 15) is 4.79 Å². The van der Waals surface area contributed by atoms with Gasteiger partial charge in [-0.05, 0) is 32.3 Å². The molecular formula is C16H24O3. The third kappa shape index (κ3) is 6.97. The van der Waals surface area contributed by atoms with Crippen molar-refractivity contribution in [1.82, 2.24) is 0 Å². The van der Waals surface area contributed by atoms with Crippen molar-refractivity contribution >= 4 is 5.97 Å². The molecular weight excluding hydrogens is 240 g/mol. The maximum Gasteiger partial charge on any atom is 0.305 e. The number of carbonyl (C=O) groups is 1. The normalized spacial score (nSPS) is 12.1. The summed E-state index contributed by atoms with van der Waals surface area (Å²) in [5.74, 6) is -0.0962. The summed E-state index contributed by atoms with van der Waals surface area (Å²) in [5.41, 5.74) is 1.20. The Kier molecular flexibility index (Phi) is 7.91. The number of rotatable bonds is 9. The highest BCUT2D eigenvalue weighted by Crippen LogP contribution is 2.16. The zero-order valence-corrected chi connectivity index (χ0v) is 11.9. The Morgan fingerprint density at radius 1 is 1.16 bits per heavy atom. The van der Waals surface area contributed by atoms with Gasteiger partial charge in [0.25, 0.3) is 0 Å². The van der Waals surface area contributed by atoms with Crippen molar-refractivity contribution in [3.63, 3.8) is 0 Å². The van der Waals surface area contributed by atoms with Gasteiger partial charge in [0.05, 0.1) is 12.7 Å². The molecule has 1 aromatic carbocycles. The topological polar surface area (TPSA) is 35.5 Å². The van der Waals surface area contributed by atoms with Crippen LogP contribution in [0.3, 0.4) is 0 Å². The quantitative estimate of drug-likeness (QED) is 0.501. The average molecular weight is 264 g/mol. The van der Waals surface area contributed by atoms with Crippen LogP contribution < -0.4 is 0 Å². The molecule has 1 unspecified atom stereocenters. The van der Waals surface area contributed by atoms with Gasteiger partial charge in [-0.3, -0.25) is 4.79 Å². The summed E-state index contributed by atoms with van der Waals surface area (Å²) >= 11 is 0. The Morgan fingerprint density at radius 3 is 2.58 bits per heavy atom. The van der Waals surface area contributed by atoms with Gasteiger partial charge in [-0.15, -0.1) is 0 Å². The first-order valence-electron chi connectivity index (χ1n) is 7.06. The van der Waals surface area contributed by atoms with Crippen molar-refractivity contribution in [2.24, 2.45) is 0 Å². The van der Waals surface area contributed by atoms with Crippen LogP contribution in [-0.2, 0) is 14.3 Å². The van der Waals surface area contributed by atoms with Gasteiger partial charge in [0, 0.05) is 13.0 Å². The van der Waals surface area contributed by atoms with E-state index in [2.05, 4.69) is 19.1 Å². The molecule has 0 amide bonds. The minimum atomic E-state index is -0.0962. The highest BCUT2D eigenvalue weighted by molar-refractivity contribution is 5.69. The second-order valence-electron chi connectivity index (χ2n) is 4.54. The maximum atomic E-state index is 11.1. The van der Waals surface area contributed by atoms with Crippen molar-refractivity contribution in [1.29, 1.82) is 0 Å². The monoisotopic (exact) mass is 264 g/mol. The molecule has 0 aromatic heterocycles. The molecule has 0 aliphatic heterocycles. The molecule has 0 N–H and O–H groups in total. The van der Waals surface area contributed by atoms with Crippen molar-refractivity contribution in [2.75, 3.05) is 13.2 Å². The summed E-state index contributed by atoms with van der Waals surface area (Å²) in [6.07, 6.45) is 3.51. The smallest absolute Gasteiger partial charge is 0.305 e. The van der Waals surface area contributed by atoms with Crippen LogP contribution in [0.1, 0.15) is 51.2 Å². The van der Waals surface area contributed by atoms with Crippen molar-refractivity contribution in [3.8, 4) is 0 Å². The Balaban J connectivity index is 2.03. The lowest BCUT2D eigenvalue weighted by Gasteiger charge is -2.13. The molecule has 0 radical (unpaired) electrons. The SMILES string of the molecule is CCOC(=O)CCCCCOC(C)c1ccccc1. The molecule has 0 heterocycles. The van der Waals surface area contributed by atoms with Crippen LogP contribution in [0.4, 0.5) is 0 Å². The lowest BCUT2D eigenvalue weighted by molar-refractivity contribution is -0.143. The Morgan fingerprint density at radius 2 is 1.89 bits per heavy atom. The molecule has 3 heteroatoms. The Bertz CT molecular complexity index is 348. The third-order valence-electron chi connectivity index (χ3n) is 2.97. The molecule has 0 spiro atoms. The molecule has 0 aliphatic rings. The molecule has 1 aromatic rings. The van der Waals surface area contributed by atoms with Crippen molar-refractivity contribution < 1.29 is 14.3 Å². The van der Waals surface area contributed by atoms with Crippen LogP contribution in [0.25, 0.3) is 0 Å². The van der Waals surface area contributed by atoms with Gasteiger partial charge in [-0.25, -0.2) is 0 Å². The van der Waals surface area contributed by atoms with Gasteiger partial charge >= 0.3 is 5.97 Å². The molecule has 0 saturated carbocycles. The minimum Gasteiger partial charge on any atom is -0.466 e. The minimum absolute atomic E-state index is 0.0962. The molecule has 106 valence electrons. The number of ether oxygens (including phenoxy) is 2. The van der Waals surface area contributed by atoms with Gasteiger partial charge in [0.15, 0.2) is 0 Å². The van der Waals surface area contributed by atoms with E-state index in [0.717, 1.165) is 25.9 Å². The second-order valence-corrected chi connectivity index (χ2v) is 4.54. The fraction of sp³-hybridized carbons (Fsp3) is 0.562. The third-order valence-corrected chi connectivity index (χ3v) is 2.97. The van der Waals surface area contributed by atoms with E-state index in [-0.39, 0.29) is 12.1 Å². The largest absolute Gasteiger partial charge is 0.466 e. The zero-order valence-electron chi connectivity index (χ0n) is 11.9. The summed E-state index contributed by atoms with van der Waals surface area (Å²) in [5, 5.41) is 0. The average Bonchev–Trinajstić information content (AvgIpc) is 2.43. The van der Waals surface area contributed by atoms with E-state index < -0.39 is 0 Å². The lowest BCUT2D eigenvalue weighted by atomic mass is 10.1. The number of unbranched alkanes of at least 4 members (excludes halogenated alkanes) is 2. The Hall–Kier alpha value is -1.35. The predicted octanol–water partition coefficient (Wildman–Crippen LogP) is 3.89. The summed E-state index contributed by atoms with van der Waals surface area (Å²) in [6, 6.07) is 10.2. The van der Waals surface area contributed by atoms with Gasteiger partial charge < -0.3 is 9.47 Å². The summed E-state index contributed by atoms with van der Waals surface area (Å²) < 4.78 is 10.6. The summed E-state index contributed by atoms with van der Waals surface area (Å²) in [7, 11) is 0. The van der Waals surface area contributed by atoms with Crippen molar-refractivity contribution in [2.45, 2.75) is 45.6 Å². The molecule has 19 heavy (non-hydrogen) atoms. The highest BCUT2D eigenvalue weighted by atomic mass is 16.5. The zero-order chi connectivity index (χ0) is 13.9. The molecule has 0 fully saturated rings. The van der Waals surface area contributed by atoms with Crippen LogP contribution >= 0.6 is 0 Å². The van der Waals surface area contributed by atoms with E-state index in [0.29, 0.717) is 13.0 Å². The molecule has 0 aliphatic carbocycles. The second kappa shape index (κ2) is 9.56. The molecule has 3 nitrogen and oxygen atoms in total.